The van der Waals surface area contributed by atoms with Crippen LogP contribution >= 0.6 is 0 Å². The van der Waals surface area contributed by atoms with Gasteiger partial charge in [-0.25, -0.2) is 8.78 Å². The molecule has 1 aliphatic rings. The molecule has 0 atom stereocenters. The lowest BCUT2D eigenvalue weighted by Crippen LogP contribution is -2.10. The molecule has 2 aromatic heterocycles. The van der Waals surface area contributed by atoms with Crippen molar-refractivity contribution in [2.24, 2.45) is 0 Å². The van der Waals surface area contributed by atoms with E-state index < -0.39 is 11.6 Å². The molecule has 9 heteroatoms. The molecule has 156 valence electrons. The van der Waals surface area contributed by atoms with Gasteiger partial charge in [0.1, 0.15) is 0 Å². The summed E-state index contributed by atoms with van der Waals surface area (Å²) in [6.45, 7) is 1.37. The molecule has 1 aliphatic carbocycles. The first-order chi connectivity index (χ1) is 14.5. The third-order valence-corrected chi connectivity index (χ3v) is 5.20. The molecule has 0 saturated heterocycles. The summed E-state index contributed by atoms with van der Waals surface area (Å²) in [4.78, 5) is 11.9. The maximum atomic E-state index is 13.9. The average molecular weight is 412 g/mol. The van der Waals surface area contributed by atoms with Crippen molar-refractivity contribution >= 4 is 23.0 Å². The van der Waals surface area contributed by atoms with Gasteiger partial charge in [-0.1, -0.05) is 25.0 Å². The van der Waals surface area contributed by atoms with E-state index in [-0.39, 0.29) is 23.6 Å². The molecule has 2 N–H and O–H groups in total. The fraction of sp³-hybridized carbons (Fsp3) is 0.333. The number of halogens is 2. The summed E-state index contributed by atoms with van der Waals surface area (Å²) in [5.41, 5.74) is 1.41. The molecule has 2 heterocycles. The number of nitrogens with zero attached hydrogens (tertiary/aromatic N) is 4. The zero-order chi connectivity index (χ0) is 21.1. The first-order valence-corrected chi connectivity index (χ1v) is 9.88. The number of carbonyl (C=O) groups is 1. The second-order valence-corrected chi connectivity index (χ2v) is 7.39. The number of rotatable bonds is 7. The summed E-state index contributed by atoms with van der Waals surface area (Å²) < 4.78 is 29.3. The third-order valence-electron chi connectivity index (χ3n) is 5.20. The van der Waals surface area contributed by atoms with E-state index in [2.05, 4.69) is 25.9 Å². The minimum Gasteiger partial charge on any atom is -0.379 e. The summed E-state index contributed by atoms with van der Waals surface area (Å²) in [5.74, 6) is -1.72. The first-order valence-electron chi connectivity index (χ1n) is 9.88. The molecule has 0 amide bonds. The molecule has 3 aromatic rings. The number of carbonyl (C=O) groups excluding carboxylic acids is 1. The summed E-state index contributed by atoms with van der Waals surface area (Å²) in [6, 6.07) is 6.01. The summed E-state index contributed by atoms with van der Waals surface area (Å²) >= 11 is 0. The molecule has 30 heavy (non-hydrogen) atoms. The van der Waals surface area contributed by atoms with E-state index in [1.54, 1.807) is 12.3 Å². The molecule has 0 aliphatic heterocycles. The maximum Gasteiger partial charge on any atom is 0.182 e. The van der Waals surface area contributed by atoms with Crippen molar-refractivity contribution in [3.8, 4) is 0 Å². The van der Waals surface area contributed by atoms with Crippen LogP contribution in [0.3, 0.4) is 0 Å². The van der Waals surface area contributed by atoms with Crippen LogP contribution in [0, 0.1) is 11.6 Å². The van der Waals surface area contributed by atoms with Gasteiger partial charge in [-0.2, -0.15) is 5.10 Å². The van der Waals surface area contributed by atoms with Crippen molar-refractivity contribution in [2.75, 3.05) is 10.6 Å². The highest BCUT2D eigenvalue weighted by Crippen LogP contribution is 2.30. The topological polar surface area (TPSA) is 84.7 Å². The van der Waals surface area contributed by atoms with Gasteiger partial charge in [-0.05, 0) is 18.9 Å². The van der Waals surface area contributed by atoms with Crippen LogP contribution in [0.2, 0.25) is 0 Å². The minimum absolute atomic E-state index is 0.00534. The third kappa shape index (κ3) is 4.29. The van der Waals surface area contributed by atoms with Gasteiger partial charge in [-0.15, -0.1) is 10.2 Å². The van der Waals surface area contributed by atoms with Gasteiger partial charge in [0, 0.05) is 31.3 Å². The van der Waals surface area contributed by atoms with E-state index >= 15 is 0 Å². The van der Waals surface area contributed by atoms with Crippen LogP contribution in [0.1, 0.15) is 54.7 Å². The number of aromatic nitrogens is 4. The zero-order valence-corrected chi connectivity index (χ0v) is 16.5. The lowest BCUT2D eigenvalue weighted by Gasteiger charge is -2.12. The van der Waals surface area contributed by atoms with E-state index in [1.807, 2.05) is 10.9 Å². The molecular weight excluding hydrogens is 390 g/mol. The summed E-state index contributed by atoms with van der Waals surface area (Å²) in [6.07, 6.45) is 8.32. The number of benzene rings is 1. The van der Waals surface area contributed by atoms with E-state index in [1.165, 1.54) is 31.9 Å². The lowest BCUT2D eigenvalue weighted by molar-refractivity contribution is 0.101. The maximum absolute atomic E-state index is 13.9. The van der Waals surface area contributed by atoms with Crippen LogP contribution in [0.25, 0.3) is 0 Å². The highest BCUT2D eigenvalue weighted by Gasteiger charge is 2.18. The SMILES string of the molecule is CC(=O)c1nnc(Nc2cnn(C3CCCC3)c2)cc1NCc1cccc(F)c1F. The highest BCUT2D eigenvalue weighted by molar-refractivity contribution is 5.97. The second-order valence-electron chi connectivity index (χ2n) is 7.39. The monoisotopic (exact) mass is 412 g/mol. The Morgan fingerprint density at radius 2 is 2.03 bits per heavy atom. The molecule has 0 unspecified atom stereocenters. The number of nitrogens with one attached hydrogen (secondary N) is 2. The Hall–Kier alpha value is -3.36. The van der Waals surface area contributed by atoms with Crippen molar-refractivity contribution in [1.29, 1.82) is 0 Å². The quantitative estimate of drug-likeness (QED) is 0.551. The zero-order valence-electron chi connectivity index (χ0n) is 16.5. The number of ketones is 1. The number of hydrogen-bond donors (Lipinski definition) is 2. The summed E-state index contributed by atoms with van der Waals surface area (Å²) in [7, 11) is 0. The fourth-order valence-electron chi connectivity index (χ4n) is 3.64. The normalized spacial score (nSPS) is 14.1. The van der Waals surface area contributed by atoms with Gasteiger partial charge in [-0.3, -0.25) is 9.48 Å². The van der Waals surface area contributed by atoms with E-state index in [4.69, 9.17) is 0 Å². The van der Waals surface area contributed by atoms with Crippen LogP contribution in [-0.4, -0.2) is 25.8 Å². The molecule has 1 aromatic carbocycles. The Bertz CT molecular complexity index is 1060. The predicted octanol–water partition coefficient (Wildman–Crippen LogP) is 4.62. The fourth-order valence-corrected chi connectivity index (χ4v) is 3.64. The summed E-state index contributed by atoms with van der Waals surface area (Å²) in [5, 5.41) is 18.6. The molecular formula is C21H22F2N6O. The van der Waals surface area contributed by atoms with Crippen molar-refractivity contribution < 1.29 is 13.6 Å². The van der Waals surface area contributed by atoms with Gasteiger partial charge in [0.2, 0.25) is 0 Å². The van der Waals surface area contributed by atoms with Crippen LogP contribution in [0.5, 0.6) is 0 Å². The van der Waals surface area contributed by atoms with Crippen LogP contribution in [0.15, 0.2) is 36.7 Å². The van der Waals surface area contributed by atoms with Crippen molar-refractivity contribution in [3.05, 3.63) is 59.6 Å². The number of anilines is 3. The van der Waals surface area contributed by atoms with E-state index in [0.29, 0.717) is 17.5 Å². The number of hydrogen-bond acceptors (Lipinski definition) is 6. The minimum atomic E-state index is -0.922. The molecule has 1 saturated carbocycles. The molecule has 0 radical (unpaired) electrons. The molecule has 7 nitrogen and oxygen atoms in total. The molecule has 0 spiro atoms. The Morgan fingerprint density at radius 1 is 1.23 bits per heavy atom. The van der Waals surface area contributed by atoms with Crippen molar-refractivity contribution in [3.63, 3.8) is 0 Å². The lowest BCUT2D eigenvalue weighted by atomic mass is 10.2. The van der Waals surface area contributed by atoms with Crippen molar-refractivity contribution in [2.45, 2.75) is 45.2 Å². The predicted molar refractivity (Wildman–Crippen MR) is 109 cm³/mol. The molecule has 4 rings (SSSR count). The first kappa shape index (κ1) is 19.9. The smallest absolute Gasteiger partial charge is 0.182 e. The van der Waals surface area contributed by atoms with Gasteiger partial charge in [0.15, 0.2) is 28.9 Å². The van der Waals surface area contributed by atoms with Crippen LogP contribution < -0.4 is 10.6 Å². The Balaban J connectivity index is 1.52. The standard InChI is InChI=1S/C21H22F2N6O/c1-13(30)21-18(24-10-14-5-4-8-17(22)20(14)23)9-19(27-28-21)26-15-11-25-29(12-15)16-6-2-3-7-16/h4-5,8-9,11-12,16H,2-3,6-7,10H2,1H3,(H2,24,26,27). The Kier molecular flexibility index (Phi) is 5.69. The average Bonchev–Trinajstić information content (AvgIpc) is 3.41. The Labute approximate surface area is 172 Å². The van der Waals surface area contributed by atoms with Gasteiger partial charge >= 0.3 is 0 Å². The van der Waals surface area contributed by atoms with Gasteiger partial charge in [0.05, 0.1) is 23.6 Å². The second kappa shape index (κ2) is 8.56. The van der Waals surface area contributed by atoms with Crippen LogP contribution in [-0.2, 0) is 6.54 Å². The van der Waals surface area contributed by atoms with Crippen LogP contribution in [0.4, 0.5) is 26.0 Å². The highest BCUT2D eigenvalue weighted by atomic mass is 19.2. The van der Waals surface area contributed by atoms with Crippen molar-refractivity contribution in [1.82, 2.24) is 20.0 Å². The van der Waals surface area contributed by atoms with Gasteiger partial charge < -0.3 is 10.6 Å². The molecule has 0 bridgehead atoms. The van der Waals surface area contributed by atoms with E-state index in [9.17, 15) is 13.6 Å². The number of Topliss-reactive ketones (excluding diaryl/α,β-unsaturated/α-hetero) is 1. The van der Waals surface area contributed by atoms with E-state index in [0.717, 1.165) is 24.6 Å². The largest absolute Gasteiger partial charge is 0.379 e. The van der Waals surface area contributed by atoms with Gasteiger partial charge in [0.25, 0.3) is 0 Å². The Morgan fingerprint density at radius 3 is 2.80 bits per heavy atom. The molecule has 1 fully saturated rings.